The molecule has 0 fully saturated rings. The SMILES string of the molecule is O=C(CCl)OC(=O)c1ccccc1. The number of hydrogen-bond donors (Lipinski definition) is 0. The smallest absolute Gasteiger partial charge is 0.345 e. The van der Waals surface area contributed by atoms with Gasteiger partial charge in [-0.3, -0.25) is 4.79 Å². The molecule has 0 radical (unpaired) electrons. The van der Waals surface area contributed by atoms with E-state index in [4.69, 9.17) is 11.6 Å². The molecular weight excluding hydrogens is 192 g/mol. The molecule has 0 amide bonds. The second-order valence-corrected chi connectivity index (χ2v) is 2.53. The monoisotopic (exact) mass is 198 g/mol. The van der Waals surface area contributed by atoms with Crippen molar-refractivity contribution in [3.8, 4) is 0 Å². The van der Waals surface area contributed by atoms with E-state index in [1.165, 1.54) is 0 Å². The van der Waals surface area contributed by atoms with E-state index in [1.807, 2.05) is 0 Å². The van der Waals surface area contributed by atoms with E-state index in [9.17, 15) is 9.59 Å². The second kappa shape index (κ2) is 4.62. The first-order valence-electron chi connectivity index (χ1n) is 3.60. The van der Waals surface area contributed by atoms with Gasteiger partial charge in [0, 0.05) is 0 Å². The quantitative estimate of drug-likeness (QED) is 0.412. The molecule has 68 valence electrons. The van der Waals surface area contributed by atoms with Crippen LogP contribution >= 0.6 is 11.6 Å². The van der Waals surface area contributed by atoms with Gasteiger partial charge < -0.3 is 4.74 Å². The molecule has 0 spiro atoms. The van der Waals surface area contributed by atoms with Crippen molar-refractivity contribution in [2.45, 2.75) is 0 Å². The summed E-state index contributed by atoms with van der Waals surface area (Å²) in [7, 11) is 0. The third-order valence-electron chi connectivity index (χ3n) is 1.33. The number of carbonyl (C=O) groups excluding carboxylic acids is 2. The van der Waals surface area contributed by atoms with Crippen LogP contribution in [0.15, 0.2) is 30.3 Å². The Morgan fingerprint density at radius 1 is 1.23 bits per heavy atom. The van der Waals surface area contributed by atoms with Gasteiger partial charge in [-0.1, -0.05) is 18.2 Å². The first kappa shape index (κ1) is 9.74. The van der Waals surface area contributed by atoms with E-state index in [0.29, 0.717) is 5.56 Å². The van der Waals surface area contributed by atoms with Gasteiger partial charge in [0.2, 0.25) is 0 Å². The maximum atomic E-state index is 11.1. The lowest BCUT2D eigenvalue weighted by molar-refractivity contribution is -0.135. The highest BCUT2D eigenvalue weighted by atomic mass is 35.5. The van der Waals surface area contributed by atoms with Crippen LogP contribution in [0.1, 0.15) is 10.4 Å². The number of carbonyl (C=O) groups is 2. The topological polar surface area (TPSA) is 43.4 Å². The lowest BCUT2D eigenvalue weighted by atomic mass is 10.2. The molecule has 4 heteroatoms. The van der Waals surface area contributed by atoms with Gasteiger partial charge in [-0.15, -0.1) is 11.6 Å². The van der Waals surface area contributed by atoms with Crippen LogP contribution in [0.5, 0.6) is 0 Å². The molecular formula is C9H7ClO3. The zero-order valence-corrected chi connectivity index (χ0v) is 7.45. The normalized spacial score (nSPS) is 9.31. The Morgan fingerprint density at radius 2 is 1.85 bits per heavy atom. The van der Waals surface area contributed by atoms with E-state index in [0.717, 1.165) is 0 Å². The predicted octanol–water partition coefficient (Wildman–Crippen LogP) is 1.61. The van der Waals surface area contributed by atoms with Crippen molar-refractivity contribution in [3.63, 3.8) is 0 Å². The minimum absolute atomic E-state index is 0.321. The van der Waals surface area contributed by atoms with Crippen molar-refractivity contribution in [2.75, 3.05) is 5.88 Å². The summed E-state index contributed by atoms with van der Waals surface area (Å²) in [6, 6.07) is 8.25. The maximum absolute atomic E-state index is 11.1. The van der Waals surface area contributed by atoms with Crippen LogP contribution in [0.3, 0.4) is 0 Å². The number of ether oxygens (including phenoxy) is 1. The van der Waals surface area contributed by atoms with Crippen LogP contribution in [-0.2, 0) is 9.53 Å². The van der Waals surface area contributed by atoms with Gasteiger partial charge in [-0.25, -0.2) is 4.79 Å². The van der Waals surface area contributed by atoms with Crippen LogP contribution < -0.4 is 0 Å². The minimum Gasteiger partial charge on any atom is -0.389 e. The summed E-state index contributed by atoms with van der Waals surface area (Å²) in [5.41, 5.74) is 0.334. The molecule has 0 saturated carbocycles. The van der Waals surface area contributed by atoms with Gasteiger partial charge in [0.1, 0.15) is 5.88 Å². The third-order valence-corrected chi connectivity index (χ3v) is 1.54. The molecule has 1 aromatic rings. The van der Waals surface area contributed by atoms with E-state index in [-0.39, 0.29) is 5.88 Å². The fourth-order valence-corrected chi connectivity index (χ4v) is 0.818. The van der Waals surface area contributed by atoms with Crippen molar-refractivity contribution < 1.29 is 14.3 Å². The molecule has 13 heavy (non-hydrogen) atoms. The lowest BCUT2D eigenvalue weighted by Crippen LogP contribution is -2.13. The molecule has 0 aliphatic rings. The summed E-state index contributed by atoms with van der Waals surface area (Å²) < 4.78 is 4.38. The molecule has 1 rings (SSSR count). The fraction of sp³-hybridized carbons (Fsp3) is 0.111. The lowest BCUT2D eigenvalue weighted by Gasteiger charge is -1.99. The van der Waals surface area contributed by atoms with Crippen LogP contribution in [0, 0.1) is 0 Å². The number of esters is 2. The van der Waals surface area contributed by atoms with Crippen LogP contribution in [0.25, 0.3) is 0 Å². The summed E-state index contributed by atoms with van der Waals surface area (Å²) in [5.74, 6) is -1.74. The van der Waals surface area contributed by atoms with E-state index in [1.54, 1.807) is 30.3 Å². The van der Waals surface area contributed by atoms with Crippen molar-refractivity contribution >= 4 is 23.5 Å². The molecule has 0 heterocycles. The largest absolute Gasteiger partial charge is 0.389 e. The number of hydrogen-bond acceptors (Lipinski definition) is 3. The third kappa shape index (κ3) is 2.87. The summed E-state index contributed by atoms with van der Waals surface area (Å²) in [4.78, 5) is 21.7. The number of alkyl halides is 1. The first-order chi connectivity index (χ1) is 6.24. The predicted molar refractivity (Wildman–Crippen MR) is 47.6 cm³/mol. The number of halogens is 1. The molecule has 0 aromatic heterocycles. The van der Waals surface area contributed by atoms with Gasteiger partial charge in [0.05, 0.1) is 5.56 Å². The average molecular weight is 199 g/mol. The van der Waals surface area contributed by atoms with Gasteiger partial charge >= 0.3 is 11.9 Å². The van der Waals surface area contributed by atoms with Crippen molar-refractivity contribution in [2.24, 2.45) is 0 Å². The van der Waals surface area contributed by atoms with Gasteiger partial charge in [-0.05, 0) is 12.1 Å². The Labute approximate surface area is 80.3 Å². The number of benzene rings is 1. The minimum atomic E-state index is -0.740. The van der Waals surface area contributed by atoms with Crippen LogP contribution in [0.2, 0.25) is 0 Å². The molecule has 1 aromatic carbocycles. The fourth-order valence-electron chi connectivity index (χ4n) is 0.764. The molecule has 0 aliphatic carbocycles. The maximum Gasteiger partial charge on any atom is 0.345 e. The molecule has 0 atom stereocenters. The Hall–Kier alpha value is -1.35. The van der Waals surface area contributed by atoms with Crippen molar-refractivity contribution in [3.05, 3.63) is 35.9 Å². The summed E-state index contributed by atoms with van der Waals surface area (Å²) in [6.07, 6.45) is 0. The Kier molecular flexibility index (Phi) is 3.46. The average Bonchev–Trinajstić information content (AvgIpc) is 2.19. The standard InChI is InChI=1S/C9H7ClO3/c10-6-8(11)13-9(12)7-4-2-1-3-5-7/h1-5H,6H2. The van der Waals surface area contributed by atoms with Gasteiger partial charge in [0.25, 0.3) is 0 Å². The first-order valence-corrected chi connectivity index (χ1v) is 4.13. The summed E-state index contributed by atoms with van der Waals surface area (Å²) >= 11 is 5.16. The Balaban J connectivity index is 2.65. The number of rotatable bonds is 2. The van der Waals surface area contributed by atoms with Crippen molar-refractivity contribution in [1.29, 1.82) is 0 Å². The molecule has 0 unspecified atom stereocenters. The summed E-state index contributed by atoms with van der Waals surface area (Å²) in [5, 5.41) is 0. The highest BCUT2D eigenvalue weighted by molar-refractivity contribution is 6.27. The molecule has 0 bridgehead atoms. The van der Waals surface area contributed by atoms with E-state index < -0.39 is 11.9 Å². The van der Waals surface area contributed by atoms with Crippen LogP contribution in [0.4, 0.5) is 0 Å². The zero-order chi connectivity index (χ0) is 9.68. The molecule has 0 saturated heterocycles. The van der Waals surface area contributed by atoms with E-state index in [2.05, 4.69) is 4.74 Å². The zero-order valence-electron chi connectivity index (χ0n) is 6.70. The molecule has 3 nitrogen and oxygen atoms in total. The highest BCUT2D eigenvalue weighted by Gasteiger charge is 2.10. The highest BCUT2D eigenvalue weighted by Crippen LogP contribution is 2.01. The molecule has 0 aliphatic heterocycles. The van der Waals surface area contributed by atoms with Crippen molar-refractivity contribution in [1.82, 2.24) is 0 Å². The second-order valence-electron chi connectivity index (χ2n) is 2.26. The molecule has 0 N–H and O–H groups in total. The Morgan fingerprint density at radius 3 is 2.38 bits per heavy atom. The Bertz CT molecular complexity index is 308. The van der Waals surface area contributed by atoms with E-state index >= 15 is 0 Å². The summed E-state index contributed by atoms with van der Waals surface area (Å²) in [6.45, 7) is 0. The van der Waals surface area contributed by atoms with Gasteiger partial charge in [-0.2, -0.15) is 0 Å². The van der Waals surface area contributed by atoms with Gasteiger partial charge in [0.15, 0.2) is 0 Å². The van der Waals surface area contributed by atoms with Crippen LogP contribution in [-0.4, -0.2) is 17.8 Å².